The lowest BCUT2D eigenvalue weighted by Crippen LogP contribution is -2.57. The van der Waals surface area contributed by atoms with Crippen molar-refractivity contribution in [1.29, 1.82) is 0 Å². The summed E-state index contributed by atoms with van der Waals surface area (Å²) in [6.07, 6.45) is 0. The lowest BCUT2D eigenvalue weighted by atomic mass is 10.2. The number of hydrogen-bond acceptors (Lipinski definition) is 6. The van der Waals surface area contributed by atoms with Crippen molar-refractivity contribution in [1.82, 2.24) is 0 Å². The van der Waals surface area contributed by atoms with Crippen LogP contribution in [0.3, 0.4) is 0 Å². The van der Waals surface area contributed by atoms with Gasteiger partial charge in [-0.2, -0.15) is 0 Å². The lowest BCUT2D eigenvalue weighted by Gasteiger charge is -2.32. The summed E-state index contributed by atoms with van der Waals surface area (Å²) in [4.78, 5) is 0. The van der Waals surface area contributed by atoms with Crippen molar-refractivity contribution in [3.63, 3.8) is 0 Å². The van der Waals surface area contributed by atoms with Gasteiger partial charge in [0.15, 0.2) is 0 Å². The Morgan fingerprint density at radius 2 is 2.00 bits per heavy atom. The van der Waals surface area contributed by atoms with Crippen molar-refractivity contribution < 1.29 is 23.2 Å². The van der Waals surface area contributed by atoms with Gasteiger partial charge in [-0.3, -0.25) is 5.73 Å². The zero-order valence-electron chi connectivity index (χ0n) is 5.10. The monoisotopic (exact) mass is 167 g/mol. The number of rotatable bonds is 0. The average Bonchev–Trinajstić information content (AvgIpc) is 1.79. The normalized spacial score (nSPS) is 65.9. The molecule has 10 heavy (non-hydrogen) atoms. The molecule has 2 bridgehead atoms. The van der Waals surface area contributed by atoms with E-state index >= 15 is 0 Å². The van der Waals surface area contributed by atoms with Gasteiger partial charge in [-0.05, 0) is 6.92 Å². The van der Waals surface area contributed by atoms with Crippen molar-refractivity contribution in [3.8, 4) is 0 Å². The largest absolute Gasteiger partial charge is 0.484 e. The van der Waals surface area contributed by atoms with Gasteiger partial charge in [0.05, 0.1) is 0 Å². The molecular formula is C3H6NO5P. The van der Waals surface area contributed by atoms with E-state index < -0.39 is 19.5 Å². The smallest absolute Gasteiger partial charge is 0.349 e. The van der Waals surface area contributed by atoms with E-state index in [1.165, 1.54) is 6.92 Å². The second-order valence-corrected chi connectivity index (χ2v) is 3.81. The molecule has 3 rings (SSSR count). The minimum absolute atomic E-state index is 1.34. The molecule has 0 aromatic carbocycles. The highest BCUT2D eigenvalue weighted by Crippen LogP contribution is 2.75. The molecule has 7 heteroatoms. The predicted molar refractivity (Wildman–Crippen MR) is 28.4 cm³/mol. The number of hydrogen-bond donors (Lipinski definition) is 2. The lowest BCUT2D eigenvalue weighted by molar-refractivity contribution is -0.271. The first-order valence-corrected chi connectivity index (χ1v) is 4.07. The number of nitrogens with two attached hydrogens (primary N) is 1. The van der Waals surface area contributed by atoms with Gasteiger partial charge in [0, 0.05) is 0 Å². The molecular weight excluding hydrogens is 161 g/mol. The van der Waals surface area contributed by atoms with Crippen LogP contribution >= 0.6 is 7.82 Å². The molecule has 3 aliphatic rings. The van der Waals surface area contributed by atoms with Crippen LogP contribution in [0.4, 0.5) is 0 Å². The minimum Gasteiger partial charge on any atom is -0.349 e. The predicted octanol–water partition coefficient (Wildman–Crippen LogP) is -0.507. The molecule has 0 amide bonds. The Morgan fingerprint density at radius 3 is 2.10 bits per heavy atom. The number of phosphoric acid groups is 1. The molecule has 3 fully saturated rings. The van der Waals surface area contributed by atoms with E-state index in [1.54, 1.807) is 0 Å². The van der Waals surface area contributed by atoms with Gasteiger partial charge in [-0.25, -0.2) is 18.1 Å². The number of phosphoric ester groups is 1. The van der Waals surface area contributed by atoms with Gasteiger partial charge >= 0.3 is 7.82 Å². The summed E-state index contributed by atoms with van der Waals surface area (Å²) in [6, 6.07) is 0. The van der Waals surface area contributed by atoms with E-state index in [-0.39, 0.29) is 0 Å². The van der Waals surface area contributed by atoms with Crippen LogP contribution in [-0.4, -0.2) is 16.8 Å². The van der Waals surface area contributed by atoms with E-state index in [1.807, 2.05) is 0 Å². The van der Waals surface area contributed by atoms with Crippen LogP contribution in [-0.2, 0) is 18.1 Å². The maximum absolute atomic E-state index is 10.8. The van der Waals surface area contributed by atoms with Crippen LogP contribution in [0, 0.1) is 0 Å². The van der Waals surface area contributed by atoms with Crippen LogP contribution in [0.15, 0.2) is 0 Å². The van der Waals surface area contributed by atoms with Crippen LogP contribution in [0.2, 0.25) is 0 Å². The molecule has 3 N–H and O–H groups in total. The van der Waals surface area contributed by atoms with E-state index in [2.05, 4.69) is 13.6 Å². The summed E-state index contributed by atoms with van der Waals surface area (Å²) in [7, 11) is -3.46. The molecule has 3 heterocycles. The SMILES string of the molecule is CC12OP(=O)(OC1(N)O)O2. The Bertz CT molecular complexity index is 224. The molecule has 3 saturated heterocycles. The first-order valence-electron chi connectivity index (χ1n) is 2.60. The quantitative estimate of drug-likeness (QED) is 0.373. The van der Waals surface area contributed by atoms with Gasteiger partial charge in [0.1, 0.15) is 0 Å². The second-order valence-electron chi connectivity index (χ2n) is 2.36. The summed E-state index contributed by atoms with van der Waals surface area (Å²) in [5, 5.41) is 9.06. The van der Waals surface area contributed by atoms with Gasteiger partial charge in [0.2, 0.25) is 0 Å². The number of fused-ring (bicyclic) bond motifs is 1. The molecule has 1 atom stereocenters. The average molecular weight is 167 g/mol. The second kappa shape index (κ2) is 1.32. The molecule has 0 aromatic heterocycles. The highest BCUT2D eigenvalue weighted by Gasteiger charge is 2.76. The third-order valence-corrected chi connectivity index (χ3v) is 3.12. The van der Waals surface area contributed by atoms with Gasteiger partial charge in [0.25, 0.3) is 11.7 Å². The van der Waals surface area contributed by atoms with Crippen molar-refractivity contribution in [3.05, 3.63) is 0 Å². The first kappa shape index (κ1) is 6.72. The molecule has 0 spiro atoms. The van der Waals surface area contributed by atoms with E-state index in [9.17, 15) is 4.57 Å². The molecule has 0 aliphatic carbocycles. The molecule has 0 aromatic rings. The van der Waals surface area contributed by atoms with Crippen molar-refractivity contribution in [2.75, 3.05) is 0 Å². The highest BCUT2D eigenvalue weighted by atomic mass is 31.2. The fourth-order valence-electron chi connectivity index (χ4n) is 0.855. The third-order valence-electron chi connectivity index (χ3n) is 1.47. The molecule has 0 radical (unpaired) electrons. The van der Waals surface area contributed by atoms with Crippen LogP contribution < -0.4 is 5.73 Å². The van der Waals surface area contributed by atoms with Crippen molar-refractivity contribution >= 4 is 7.82 Å². The summed E-state index contributed by atoms with van der Waals surface area (Å²) in [6.45, 7) is 1.34. The summed E-state index contributed by atoms with van der Waals surface area (Å²) in [5.41, 5.74) is 5.09. The Labute approximate surface area is 56.5 Å². The standard InChI is InChI=1S/C3H6NO5P/c1-2-3(4,5)9-10(6,7-2)8-2/h5H,4H2,1H3. The van der Waals surface area contributed by atoms with Gasteiger partial charge in [-0.1, -0.05) is 0 Å². The minimum atomic E-state index is -3.46. The molecule has 58 valence electrons. The molecule has 3 aliphatic heterocycles. The Morgan fingerprint density at radius 1 is 1.50 bits per heavy atom. The van der Waals surface area contributed by atoms with Gasteiger partial charge in [-0.15, -0.1) is 0 Å². The molecule has 6 nitrogen and oxygen atoms in total. The Kier molecular flexibility index (Phi) is 0.885. The van der Waals surface area contributed by atoms with Crippen LogP contribution in [0.1, 0.15) is 6.92 Å². The van der Waals surface area contributed by atoms with Crippen LogP contribution in [0.25, 0.3) is 0 Å². The Hall–Kier alpha value is 0.0300. The van der Waals surface area contributed by atoms with Crippen molar-refractivity contribution in [2.45, 2.75) is 18.6 Å². The summed E-state index contributed by atoms with van der Waals surface area (Å²) >= 11 is 0. The number of aliphatic hydroxyl groups is 1. The van der Waals surface area contributed by atoms with Crippen molar-refractivity contribution in [2.24, 2.45) is 5.73 Å². The molecule has 1 unspecified atom stereocenters. The van der Waals surface area contributed by atoms with E-state index in [0.717, 1.165) is 0 Å². The summed E-state index contributed by atoms with van der Waals surface area (Å²) < 4.78 is 24.3. The Balaban J connectivity index is 2.41. The summed E-state index contributed by atoms with van der Waals surface area (Å²) in [5.74, 6) is -3.54. The highest BCUT2D eigenvalue weighted by molar-refractivity contribution is 7.50. The van der Waals surface area contributed by atoms with E-state index in [0.29, 0.717) is 0 Å². The fraction of sp³-hybridized carbons (Fsp3) is 1.00. The zero-order valence-corrected chi connectivity index (χ0v) is 6.00. The maximum atomic E-state index is 10.8. The first-order chi connectivity index (χ1) is 4.37. The molecule has 0 saturated carbocycles. The zero-order chi connectivity index (χ0) is 7.62. The van der Waals surface area contributed by atoms with Crippen LogP contribution in [0.5, 0.6) is 0 Å². The topological polar surface area (TPSA) is 91.0 Å². The third kappa shape index (κ3) is 0.543. The van der Waals surface area contributed by atoms with E-state index in [4.69, 9.17) is 10.8 Å². The fourth-order valence-corrected chi connectivity index (χ4v) is 2.56. The van der Waals surface area contributed by atoms with Gasteiger partial charge < -0.3 is 5.11 Å². The maximum Gasteiger partial charge on any atom is 0.484 e.